The number of nitrogens with zero attached hydrogens (tertiary/aromatic N) is 2. The molecule has 1 aromatic heterocycles. The molecule has 5 nitrogen and oxygen atoms in total. The van der Waals surface area contributed by atoms with E-state index in [1.54, 1.807) is 31.4 Å². The molecule has 0 spiro atoms. The molecule has 128 valence electrons. The number of hydrogen-bond acceptors (Lipinski definition) is 3. The van der Waals surface area contributed by atoms with E-state index in [9.17, 15) is 4.39 Å². The molecule has 6 heteroatoms. The summed E-state index contributed by atoms with van der Waals surface area (Å²) in [5.41, 5.74) is 1.00. The predicted molar refractivity (Wildman–Crippen MR) is 93.8 cm³/mol. The van der Waals surface area contributed by atoms with Crippen molar-refractivity contribution in [3.05, 3.63) is 54.0 Å². The zero-order chi connectivity index (χ0) is 17.2. The van der Waals surface area contributed by atoms with Crippen molar-refractivity contribution in [2.24, 2.45) is 4.99 Å². The van der Waals surface area contributed by atoms with Crippen LogP contribution in [0.4, 0.5) is 4.39 Å². The Bertz CT molecular complexity index is 658. The highest BCUT2D eigenvalue weighted by atomic mass is 19.1. The molecule has 0 unspecified atom stereocenters. The highest BCUT2D eigenvalue weighted by Gasteiger charge is 2.02. The van der Waals surface area contributed by atoms with Crippen molar-refractivity contribution in [1.29, 1.82) is 0 Å². The highest BCUT2D eigenvalue weighted by molar-refractivity contribution is 5.79. The number of ether oxygens (including phenoxy) is 1. The van der Waals surface area contributed by atoms with E-state index in [4.69, 9.17) is 4.74 Å². The molecular formula is C18H23FN4O. The van der Waals surface area contributed by atoms with E-state index in [-0.39, 0.29) is 5.82 Å². The molecular weight excluding hydrogens is 307 g/mol. The first-order valence-corrected chi connectivity index (χ1v) is 8.04. The topological polar surface area (TPSA) is 58.5 Å². The molecule has 0 bridgehead atoms. The van der Waals surface area contributed by atoms with Gasteiger partial charge in [-0.2, -0.15) is 0 Å². The van der Waals surface area contributed by atoms with Gasteiger partial charge >= 0.3 is 0 Å². The van der Waals surface area contributed by atoms with E-state index in [0.717, 1.165) is 30.9 Å². The monoisotopic (exact) mass is 330 g/mol. The Labute approximate surface area is 142 Å². The molecule has 2 aromatic rings. The van der Waals surface area contributed by atoms with Gasteiger partial charge in [0, 0.05) is 38.5 Å². The van der Waals surface area contributed by atoms with E-state index in [1.807, 2.05) is 6.07 Å². The zero-order valence-corrected chi connectivity index (χ0v) is 14.1. The van der Waals surface area contributed by atoms with Crippen molar-refractivity contribution in [3.63, 3.8) is 0 Å². The average molecular weight is 330 g/mol. The highest BCUT2D eigenvalue weighted by Crippen LogP contribution is 2.19. The third kappa shape index (κ3) is 5.87. The van der Waals surface area contributed by atoms with Crippen LogP contribution in [0.1, 0.15) is 25.3 Å². The Morgan fingerprint density at radius 2 is 2.12 bits per heavy atom. The molecule has 0 fully saturated rings. The number of unbranched alkanes of at least 4 members (excludes halogenated alkanes) is 1. The number of aliphatic imine (C=N–C) groups is 1. The summed E-state index contributed by atoms with van der Waals surface area (Å²) >= 11 is 0. The van der Waals surface area contributed by atoms with Crippen molar-refractivity contribution >= 4 is 5.96 Å². The standard InChI is InChI=1S/C18H23FN4O/c1-3-4-10-21-18(20-2)23-13-14-8-9-17(22-12-14)24-16-7-5-6-15(19)11-16/h5-9,11-12H,3-4,10,13H2,1-2H3,(H2,20,21,23). The lowest BCUT2D eigenvalue weighted by atomic mass is 10.3. The van der Waals surface area contributed by atoms with Crippen molar-refractivity contribution in [2.45, 2.75) is 26.3 Å². The van der Waals surface area contributed by atoms with Gasteiger partial charge in [-0.1, -0.05) is 25.5 Å². The van der Waals surface area contributed by atoms with Crippen LogP contribution in [-0.4, -0.2) is 24.5 Å². The summed E-state index contributed by atoms with van der Waals surface area (Å²) in [5.74, 6) is 1.28. The summed E-state index contributed by atoms with van der Waals surface area (Å²) in [7, 11) is 1.75. The number of guanidine groups is 1. The summed E-state index contributed by atoms with van der Waals surface area (Å²) in [5, 5.41) is 6.48. The van der Waals surface area contributed by atoms with Crippen LogP contribution < -0.4 is 15.4 Å². The lowest BCUT2D eigenvalue weighted by Gasteiger charge is -2.11. The summed E-state index contributed by atoms with van der Waals surface area (Å²) in [6, 6.07) is 9.65. The van der Waals surface area contributed by atoms with Crippen LogP contribution >= 0.6 is 0 Å². The third-order valence-corrected chi connectivity index (χ3v) is 3.32. The minimum absolute atomic E-state index is 0.338. The molecule has 0 amide bonds. The van der Waals surface area contributed by atoms with Crippen LogP contribution in [0, 0.1) is 5.82 Å². The normalized spacial score (nSPS) is 11.2. The SMILES string of the molecule is CCCCNC(=NC)NCc1ccc(Oc2cccc(F)c2)nc1. The summed E-state index contributed by atoms with van der Waals surface area (Å²) < 4.78 is 18.6. The second kappa shape index (κ2) is 9.50. The van der Waals surface area contributed by atoms with Crippen molar-refractivity contribution in [1.82, 2.24) is 15.6 Å². The summed E-state index contributed by atoms with van der Waals surface area (Å²) in [6.07, 6.45) is 3.97. The molecule has 24 heavy (non-hydrogen) atoms. The first-order valence-electron chi connectivity index (χ1n) is 8.04. The van der Waals surface area contributed by atoms with Crippen molar-refractivity contribution in [2.75, 3.05) is 13.6 Å². The van der Waals surface area contributed by atoms with Gasteiger partial charge in [-0.15, -0.1) is 0 Å². The third-order valence-electron chi connectivity index (χ3n) is 3.32. The molecule has 0 saturated carbocycles. The first-order chi connectivity index (χ1) is 11.7. The lowest BCUT2D eigenvalue weighted by Crippen LogP contribution is -2.37. The minimum Gasteiger partial charge on any atom is -0.439 e. The number of pyridine rings is 1. The van der Waals surface area contributed by atoms with Crippen LogP contribution in [0.3, 0.4) is 0 Å². The largest absolute Gasteiger partial charge is 0.439 e. The van der Waals surface area contributed by atoms with Crippen LogP contribution in [0.2, 0.25) is 0 Å². The summed E-state index contributed by atoms with van der Waals surface area (Å²) in [6.45, 7) is 3.66. The Balaban J connectivity index is 1.85. The fraction of sp³-hybridized carbons (Fsp3) is 0.333. The van der Waals surface area contributed by atoms with E-state index >= 15 is 0 Å². The van der Waals surface area contributed by atoms with Gasteiger partial charge < -0.3 is 15.4 Å². The maximum Gasteiger partial charge on any atom is 0.219 e. The molecule has 2 N–H and O–H groups in total. The fourth-order valence-electron chi connectivity index (χ4n) is 2.02. The second-order valence-electron chi connectivity index (χ2n) is 5.27. The molecule has 0 saturated heterocycles. The van der Waals surface area contributed by atoms with Gasteiger partial charge in [0.15, 0.2) is 5.96 Å². The molecule has 0 atom stereocenters. The Morgan fingerprint density at radius 1 is 1.25 bits per heavy atom. The Hall–Kier alpha value is -2.63. The van der Waals surface area contributed by atoms with Crippen molar-refractivity contribution in [3.8, 4) is 11.6 Å². The number of hydrogen-bond donors (Lipinski definition) is 2. The molecule has 0 aliphatic carbocycles. The summed E-state index contributed by atoms with van der Waals surface area (Å²) in [4.78, 5) is 8.41. The van der Waals surface area contributed by atoms with E-state index in [2.05, 4.69) is 27.5 Å². The number of halogens is 1. The predicted octanol–water partition coefficient (Wildman–Crippen LogP) is 3.48. The molecule has 2 rings (SSSR count). The minimum atomic E-state index is -0.338. The fourth-order valence-corrected chi connectivity index (χ4v) is 2.02. The Kier molecular flexibility index (Phi) is 7.01. The number of nitrogens with one attached hydrogen (secondary N) is 2. The smallest absolute Gasteiger partial charge is 0.219 e. The van der Waals surface area contributed by atoms with Crippen LogP contribution in [0.25, 0.3) is 0 Å². The van der Waals surface area contributed by atoms with Crippen molar-refractivity contribution < 1.29 is 9.13 Å². The maximum absolute atomic E-state index is 13.1. The van der Waals surface area contributed by atoms with Crippen LogP contribution in [0.5, 0.6) is 11.6 Å². The van der Waals surface area contributed by atoms with Gasteiger partial charge in [-0.3, -0.25) is 4.99 Å². The number of rotatable bonds is 7. The van der Waals surface area contributed by atoms with Crippen LogP contribution in [-0.2, 0) is 6.54 Å². The van der Waals surface area contributed by atoms with E-state index in [0.29, 0.717) is 18.2 Å². The number of benzene rings is 1. The van der Waals surface area contributed by atoms with Gasteiger partial charge in [0.2, 0.25) is 5.88 Å². The average Bonchev–Trinajstić information content (AvgIpc) is 2.59. The molecule has 1 aromatic carbocycles. The molecule has 0 aliphatic rings. The Morgan fingerprint density at radius 3 is 2.79 bits per heavy atom. The van der Waals surface area contributed by atoms with Gasteiger partial charge in [-0.05, 0) is 24.1 Å². The van der Waals surface area contributed by atoms with Gasteiger partial charge in [0.05, 0.1) is 0 Å². The second-order valence-corrected chi connectivity index (χ2v) is 5.27. The van der Waals surface area contributed by atoms with Gasteiger partial charge in [0.1, 0.15) is 11.6 Å². The van der Waals surface area contributed by atoms with E-state index in [1.165, 1.54) is 12.1 Å². The quantitative estimate of drug-likeness (QED) is 0.464. The molecule has 0 aliphatic heterocycles. The number of aromatic nitrogens is 1. The van der Waals surface area contributed by atoms with Gasteiger partial charge in [0.25, 0.3) is 0 Å². The van der Waals surface area contributed by atoms with Gasteiger partial charge in [-0.25, -0.2) is 9.37 Å². The zero-order valence-electron chi connectivity index (χ0n) is 14.1. The lowest BCUT2D eigenvalue weighted by molar-refractivity contribution is 0.457. The molecule has 1 heterocycles. The maximum atomic E-state index is 13.1. The van der Waals surface area contributed by atoms with E-state index < -0.39 is 0 Å². The first kappa shape index (κ1) is 17.7. The van der Waals surface area contributed by atoms with Crippen LogP contribution in [0.15, 0.2) is 47.6 Å². The molecule has 0 radical (unpaired) electrons.